The molecule has 2 N–H and O–H groups in total. The Morgan fingerprint density at radius 3 is 3.33 bits per heavy atom. The van der Waals surface area contributed by atoms with Crippen molar-refractivity contribution < 1.29 is 9.53 Å². The van der Waals surface area contributed by atoms with Gasteiger partial charge in [-0.05, 0) is 12.8 Å². The van der Waals surface area contributed by atoms with Gasteiger partial charge in [0.15, 0.2) is 0 Å². The lowest BCUT2D eigenvalue weighted by Crippen LogP contribution is -2.20. The summed E-state index contributed by atoms with van der Waals surface area (Å²) in [5.41, 5.74) is 7.97. The summed E-state index contributed by atoms with van der Waals surface area (Å²) in [5.74, 6) is -0.304. The maximum atomic E-state index is 10.6. The third-order valence-electron chi connectivity index (χ3n) is 2.61. The zero-order chi connectivity index (χ0) is 10.8. The molecule has 1 aliphatic heterocycles. The van der Waals surface area contributed by atoms with Crippen LogP contribution in [-0.4, -0.2) is 22.1 Å². The van der Waals surface area contributed by atoms with Crippen molar-refractivity contribution in [3.8, 4) is 0 Å². The molecule has 0 bridgehead atoms. The summed E-state index contributed by atoms with van der Waals surface area (Å²) in [6, 6.07) is -0.303. The Labute approximate surface area is 88.2 Å². The van der Waals surface area contributed by atoms with Crippen LogP contribution in [0.2, 0.25) is 0 Å². The van der Waals surface area contributed by atoms with E-state index in [4.69, 9.17) is 10.5 Å². The summed E-state index contributed by atoms with van der Waals surface area (Å²) in [4.78, 5) is 14.9. The molecule has 82 valence electrons. The van der Waals surface area contributed by atoms with Crippen molar-refractivity contribution in [3.63, 3.8) is 0 Å². The van der Waals surface area contributed by atoms with Crippen LogP contribution in [0, 0.1) is 0 Å². The van der Waals surface area contributed by atoms with Crippen LogP contribution in [0.15, 0.2) is 6.33 Å². The molecule has 5 nitrogen and oxygen atoms in total. The van der Waals surface area contributed by atoms with E-state index in [0.29, 0.717) is 0 Å². The molecule has 2 heterocycles. The van der Waals surface area contributed by atoms with Gasteiger partial charge in [-0.15, -0.1) is 0 Å². The Balaban J connectivity index is 2.05. The largest absolute Gasteiger partial charge is 0.464 e. The maximum absolute atomic E-state index is 10.6. The van der Waals surface area contributed by atoms with Gasteiger partial charge < -0.3 is 15.0 Å². The van der Waals surface area contributed by atoms with Crippen LogP contribution in [0.1, 0.15) is 30.8 Å². The number of nitrogens with two attached hydrogens (primary N) is 1. The quantitative estimate of drug-likeness (QED) is 0.731. The van der Waals surface area contributed by atoms with Crippen LogP contribution in [0.25, 0.3) is 0 Å². The van der Waals surface area contributed by atoms with E-state index < -0.39 is 0 Å². The van der Waals surface area contributed by atoms with Crippen LogP contribution in [0.5, 0.6) is 0 Å². The van der Waals surface area contributed by atoms with Gasteiger partial charge in [-0.1, -0.05) is 0 Å². The topological polar surface area (TPSA) is 70.1 Å². The first-order valence-electron chi connectivity index (χ1n) is 5.11. The minimum Gasteiger partial charge on any atom is -0.464 e. The van der Waals surface area contributed by atoms with Crippen molar-refractivity contribution in [2.24, 2.45) is 5.73 Å². The smallest absolute Gasteiger partial charge is 0.302 e. The second-order valence-corrected chi connectivity index (χ2v) is 3.78. The molecule has 0 fully saturated rings. The molecule has 2 rings (SSSR count). The average Bonchev–Trinajstić information content (AvgIpc) is 2.74. The summed E-state index contributed by atoms with van der Waals surface area (Å²) in [5, 5.41) is 0. The minimum absolute atomic E-state index is 0.208. The molecular formula is C10H15N3O2. The van der Waals surface area contributed by atoms with Crippen LogP contribution in [-0.2, 0) is 22.5 Å². The molecule has 5 heteroatoms. The van der Waals surface area contributed by atoms with Gasteiger partial charge in [0.05, 0.1) is 18.1 Å². The fourth-order valence-corrected chi connectivity index (χ4v) is 1.90. The highest BCUT2D eigenvalue weighted by Crippen LogP contribution is 2.22. The highest BCUT2D eigenvalue weighted by atomic mass is 16.5. The summed E-state index contributed by atoms with van der Waals surface area (Å²) in [6.07, 6.45) is 3.97. The fraction of sp³-hybridized carbons (Fsp3) is 0.600. The molecule has 1 aromatic heterocycles. The first kappa shape index (κ1) is 10.2. The van der Waals surface area contributed by atoms with Crippen LogP contribution in [0.4, 0.5) is 0 Å². The molecule has 0 amide bonds. The first-order valence-corrected chi connectivity index (χ1v) is 5.11. The normalized spacial score (nSPS) is 16.1. The monoisotopic (exact) mass is 209 g/mol. The number of esters is 1. The van der Waals surface area contributed by atoms with Gasteiger partial charge in [-0.3, -0.25) is 4.79 Å². The number of aryl methyl sites for hydroxylation is 1. The van der Waals surface area contributed by atoms with E-state index >= 15 is 0 Å². The van der Waals surface area contributed by atoms with E-state index in [-0.39, 0.29) is 18.6 Å². The van der Waals surface area contributed by atoms with E-state index in [9.17, 15) is 4.79 Å². The summed E-state index contributed by atoms with van der Waals surface area (Å²) in [6.45, 7) is 2.60. The summed E-state index contributed by atoms with van der Waals surface area (Å²) < 4.78 is 6.99. The molecule has 0 spiro atoms. The molecule has 1 aromatic rings. The van der Waals surface area contributed by atoms with E-state index in [2.05, 4.69) is 9.55 Å². The van der Waals surface area contributed by atoms with Crippen LogP contribution in [0.3, 0.4) is 0 Å². The Bertz CT molecular complexity index is 373. The summed E-state index contributed by atoms with van der Waals surface area (Å²) in [7, 11) is 0. The molecule has 0 saturated heterocycles. The Kier molecular flexibility index (Phi) is 2.73. The van der Waals surface area contributed by atoms with Gasteiger partial charge in [-0.2, -0.15) is 0 Å². The standard InChI is InChI=1S/C10H15N3O2/c1-7(14)15-5-8(11)10-9-3-2-4-13(9)6-12-10/h6,8H,2-5,11H2,1H3. The number of ether oxygens (including phenoxy) is 1. The van der Waals surface area contributed by atoms with Gasteiger partial charge in [0.1, 0.15) is 6.61 Å². The highest BCUT2D eigenvalue weighted by Gasteiger charge is 2.21. The number of carbonyl (C=O) groups excluding carboxylic acids is 1. The second-order valence-electron chi connectivity index (χ2n) is 3.78. The molecule has 0 radical (unpaired) electrons. The van der Waals surface area contributed by atoms with E-state index in [1.54, 1.807) is 0 Å². The van der Waals surface area contributed by atoms with Crippen molar-refractivity contribution in [1.29, 1.82) is 0 Å². The van der Waals surface area contributed by atoms with Gasteiger partial charge in [0.2, 0.25) is 0 Å². The highest BCUT2D eigenvalue weighted by molar-refractivity contribution is 5.65. The van der Waals surface area contributed by atoms with Crippen molar-refractivity contribution in [2.75, 3.05) is 6.61 Å². The van der Waals surface area contributed by atoms with Crippen molar-refractivity contribution in [1.82, 2.24) is 9.55 Å². The Morgan fingerprint density at radius 1 is 1.80 bits per heavy atom. The van der Waals surface area contributed by atoms with Gasteiger partial charge in [-0.25, -0.2) is 4.98 Å². The lowest BCUT2D eigenvalue weighted by Gasteiger charge is -2.10. The maximum Gasteiger partial charge on any atom is 0.302 e. The second kappa shape index (κ2) is 4.02. The zero-order valence-electron chi connectivity index (χ0n) is 8.77. The van der Waals surface area contributed by atoms with Crippen LogP contribution >= 0.6 is 0 Å². The number of rotatable bonds is 3. The lowest BCUT2D eigenvalue weighted by molar-refractivity contribution is -0.141. The fourth-order valence-electron chi connectivity index (χ4n) is 1.90. The van der Waals surface area contributed by atoms with E-state index in [0.717, 1.165) is 25.1 Å². The van der Waals surface area contributed by atoms with E-state index in [1.807, 2.05) is 6.33 Å². The van der Waals surface area contributed by atoms with Crippen LogP contribution < -0.4 is 5.73 Å². The molecule has 1 unspecified atom stereocenters. The molecule has 0 saturated carbocycles. The molecule has 0 aromatic carbocycles. The zero-order valence-corrected chi connectivity index (χ0v) is 8.77. The number of carbonyl (C=O) groups is 1. The third kappa shape index (κ3) is 2.02. The SMILES string of the molecule is CC(=O)OCC(N)c1ncn2c1CCC2. The first-order chi connectivity index (χ1) is 7.18. The summed E-state index contributed by atoms with van der Waals surface area (Å²) >= 11 is 0. The number of imidazole rings is 1. The number of fused-ring (bicyclic) bond motifs is 1. The predicted molar refractivity (Wildman–Crippen MR) is 54.1 cm³/mol. The van der Waals surface area contributed by atoms with Gasteiger partial charge in [0.25, 0.3) is 0 Å². The van der Waals surface area contributed by atoms with Crippen molar-refractivity contribution in [2.45, 2.75) is 32.4 Å². The number of nitrogens with zero attached hydrogens (tertiary/aromatic N) is 2. The molecule has 0 aliphatic carbocycles. The molecule has 1 aliphatic rings. The number of aromatic nitrogens is 2. The third-order valence-corrected chi connectivity index (χ3v) is 2.61. The number of hydrogen-bond donors (Lipinski definition) is 1. The minimum atomic E-state index is -0.304. The molecule has 1 atom stereocenters. The Morgan fingerprint density at radius 2 is 2.60 bits per heavy atom. The van der Waals surface area contributed by atoms with Crippen molar-refractivity contribution >= 4 is 5.97 Å². The molecular weight excluding hydrogens is 194 g/mol. The van der Waals surface area contributed by atoms with Gasteiger partial charge in [0, 0.05) is 19.2 Å². The van der Waals surface area contributed by atoms with Gasteiger partial charge >= 0.3 is 5.97 Å². The van der Waals surface area contributed by atoms with Crippen molar-refractivity contribution in [3.05, 3.63) is 17.7 Å². The predicted octanol–water partition coefficient (Wildman–Crippen LogP) is 0.392. The average molecular weight is 209 g/mol. The number of hydrogen-bond acceptors (Lipinski definition) is 4. The Hall–Kier alpha value is -1.36. The lowest BCUT2D eigenvalue weighted by atomic mass is 10.1. The van der Waals surface area contributed by atoms with E-state index in [1.165, 1.54) is 12.6 Å². The molecule has 15 heavy (non-hydrogen) atoms.